The number of fused-ring (bicyclic) bond motifs is 1. The molecule has 2 aromatic rings. The number of nitrogens with zero attached hydrogens (tertiary/aromatic N) is 1. The van der Waals surface area contributed by atoms with E-state index in [9.17, 15) is 4.79 Å². The van der Waals surface area contributed by atoms with E-state index in [1.54, 1.807) is 0 Å². The van der Waals surface area contributed by atoms with Crippen LogP contribution in [0, 0.1) is 5.92 Å². The molecule has 1 fully saturated rings. The molecule has 0 aliphatic carbocycles. The predicted octanol–water partition coefficient (Wildman–Crippen LogP) is 3.10. The van der Waals surface area contributed by atoms with E-state index in [0.29, 0.717) is 11.2 Å². The Labute approximate surface area is 129 Å². The topological polar surface area (TPSA) is 36.1 Å². The van der Waals surface area contributed by atoms with Gasteiger partial charge in [-0.05, 0) is 23.4 Å². The zero-order chi connectivity index (χ0) is 14.8. The third kappa shape index (κ3) is 3.33. The zero-order valence-electron chi connectivity index (χ0n) is 12.6. The first kappa shape index (κ1) is 14.7. The molecule has 1 atom stereocenters. The van der Waals surface area contributed by atoms with Gasteiger partial charge < -0.3 is 4.98 Å². The van der Waals surface area contributed by atoms with Crippen LogP contribution >= 0.6 is 11.8 Å². The summed E-state index contributed by atoms with van der Waals surface area (Å²) in [6.45, 7) is 7.46. The van der Waals surface area contributed by atoms with Crippen LogP contribution in [0.15, 0.2) is 35.1 Å². The van der Waals surface area contributed by atoms with Crippen LogP contribution in [0.1, 0.15) is 19.4 Å². The summed E-state index contributed by atoms with van der Waals surface area (Å²) in [5, 5.41) is 1.79. The predicted molar refractivity (Wildman–Crippen MR) is 90.9 cm³/mol. The molecular weight excluding hydrogens is 280 g/mol. The quantitative estimate of drug-likeness (QED) is 0.946. The van der Waals surface area contributed by atoms with Gasteiger partial charge in [0.05, 0.1) is 0 Å². The molecule has 4 heteroatoms. The van der Waals surface area contributed by atoms with Gasteiger partial charge in [0.25, 0.3) is 5.56 Å². The number of thioether (sulfide) groups is 1. The molecule has 1 N–H and O–H groups in total. The molecule has 1 aliphatic heterocycles. The van der Waals surface area contributed by atoms with Crippen molar-refractivity contribution in [2.75, 3.05) is 18.8 Å². The maximum Gasteiger partial charge on any atom is 0.252 e. The number of pyridine rings is 1. The van der Waals surface area contributed by atoms with Crippen LogP contribution in [0.2, 0.25) is 0 Å². The van der Waals surface area contributed by atoms with Crippen LogP contribution in [-0.4, -0.2) is 34.0 Å². The van der Waals surface area contributed by atoms with Gasteiger partial charge in [0.15, 0.2) is 0 Å². The highest BCUT2D eigenvalue weighted by Crippen LogP contribution is 2.25. The second-order valence-electron chi connectivity index (χ2n) is 6.10. The Morgan fingerprint density at radius 3 is 3.00 bits per heavy atom. The fourth-order valence-corrected chi connectivity index (χ4v) is 4.20. The first-order valence-corrected chi connectivity index (χ1v) is 8.63. The Hall–Kier alpha value is -1.26. The van der Waals surface area contributed by atoms with Crippen molar-refractivity contribution in [1.29, 1.82) is 0 Å². The number of hydrogen-bond donors (Lipinski definition) is 1. The van der Waals surface area contributed by atoms with Gasteiger partial charge in [0, 0.05) is 41.7 Å². The average Bonchev–Trinajstić information content (AvgIpc) is 2.48. The standard InChI is InChI=1S/C17H22N2OS/c1-12(2)16-11-19(7-8-21-16)10-14-9-13-5-3-4-6-15(13)18-17(14)20/h3-6,9,12,16H,7-8,10-11H2,1-2H3,(H,18,20)/t16-/m1/s1. The number of H-pyrrole nitrogens is 1. The van der Waals surface area contributed by atoms with Gasteiger partial charge in [-0.2, -0.15) is 11.8 Å². The van der Waals surface area contributed by atoms with Gasteiger partial charge in [0.1, 0.15) is 0 Å². The molecule has 1 aliphatic rings. The van der Waals surface area contributed by atoms with Gasteiger partial charge in [-0.25, -0.2) is 0 Å². The number of hydrogen-bond acceptors (Lipinski definition) is 3. The summed E-state index contributed by atoms with van der Waals surface area (Å²) in [6, 6.07) is 10.0. The Bertz CT molecular complexity index is 680. The zero-order valence-corrected chi connectivity index (χ0v) is 13.5. The SMILES string of the molecule is CC(C)[C@H]1CN(Cc2cc3ccccc3[nH]c2=O)CCS1. The van der Waals surface area contributed by atoms with E-state index in [4.69, 9.17) is 0 Å². The molecule has 1 saturated heterocycles. The molecule has 3 nitrogen and oxygen atoms in total. The van der Waals surface area contributed by atoms with Crippen molar-refractivity contribution in [3.05, 3.63) is 46.2 Å². The minimum Gasteiger partial charge on any atom is -0.322 e. The molecular formula is C17H22N2OS. The first-order chi connectivity index (χ1) is 10.1. The van der Waals surface area contributed by atoms with Crippen molar-refractivity contribution in [2.45, 2.75) is 25.6 Å². The summed E-state index contributed by atoms with van der Waals surface area (Å²) in [5.74, 6) is 1.85. The summed E-state index contributed by atoms with van der Waals surface area (Å²) in [4.78, 5) is 17.6. The highest BCUT2D eigenvalue weighted by Gasteiger charge is 2.23. The summed E-state index contributed by atoms with van der Waals surface area (Å²) in [6.07, 6.45) is 0. The fraction of sp³-hybridized carbons (Fsp3) is 0.471. The lowest BCUT2D eigenvalue weighted by atomic mass is 10.1. The lowest BCUT2D eigenvalue weighted by molar-refractivity contribution is 0.259. The average molecular weight is 302 g/mol. The summed E-state index contributed by atoms with van der Waals surface area (Å²) in [5.41, 5.74) is 1.84. The molecule has 21 heavy (non-hydrogen) atoms. The van der Waals surface area contributed by atoms with Crippen LogP contribution < -0.4 is 5.56 Å². The molecule has 1 aromatic carbocycles. The van der Waals surface area contributed by atoms with Crippen LogP contribution in [0.25, 0.3) is 10.9 Å². The molecule has 0 spiro atoms. The van der Waals surface area contributed by atoms with Crippen LogP contribution in [0.5, 0.6) is 0 Å². The minimum atomic E-state index is 0.0491. The molecule has 1 aromatic heterocycles. The number of aromatic amines is 1. The summed E-state index contributed by atoms with van der Waals surface area (Å²) in [7, 11) is 0. The Morgan fingerprint density at radius 2 is 2.19 bits per heavy atom. The van der Waals surface area contributed by atoms with Gasteiger partial charge in [0.2, 0.25) is 0 Å². The van der Waals surface area contributed by atoms with E-state index in [0.717, 1.165) is 41.9 Å². The van der Waals surface area contributed by atoms with Gasteiger partial charge >= 0.3 is 0 Å². The van der Waals surface area contributed by atoms with Gasteiger partial charge in [-0.15, -0.1) is 0 Å². The van der Waals surface area contributed by atoms with E-state index < -0.39 is 0 Å². The number of para-hydroxylation sites is 1. The smallest absolute Gasteiger partial charge is 0.252 e. The number of nitrogens with one attached hydrogen (secondary N) is 1. The van der Waals surface area contributed by atoms with Crippen LogP contribution in [0.4, 0.5) is 0 Å². The highest BCUT2D eigenvalue weighted by molar-refractivity contribution is 8.00. The van der Waals surface area contributed by atoms with Gasteiger partial charge in [-0.3, -0.25) is 9.69 Å². The van der Waals surface area contributed by atoms with E-state index in [-0.39, 0.29) is 5.56 Å². The number of benzene rings is 1. The van der Waals surface area contributed by atoms with Crippen LogP contribution in [0.3, 0.4) is 0 Å². The summed E-state index contributed by atoms with van der Waals surface area (Å²) >= 11 is 2.06. The molecule has 0 amide bonds. The van der Waals surface area contributed by atoms with E-state index in [2.05, 4.69) is 41.6 Å². The number of aromatic nitrogens is 1. The molecule has 0 radical (unpaired) electrons. The molecule has 0 unspecified atom stereocenters. The van der Waals surface area contributed by atoms with Crippen molar-refractivity contribution in [3.8, 4) is 0 Å². The Kier molecular flexibility index (Phi) is 4.36. The molecule has 0 bridgehead atoms. The maximum atomic E-state index is 12.2. The largest absolute Gasteiger partial charge is 0.322 e. The van der Waals surface area contributed by atoms with E-state index >= 15 is 0 Å². The van der Waals surface area contributed by atoms with Crippen molar-refractivity contribution in [1.82, 2.24) is 9.88 Å². The second kappa shape index (κ2) is 6.24. The van der Waals surface area contributed by atoms with Crippen molar-refractivity contribution >= 4 is 22.7 Å². The molecule has 0 saturated carbocycles. The fourth-order valence-electron chi connectivity index (χ4n) is 2.83. The normalized spacial score (nSPS) is 20.2. The maximum absolute atomic E-state index is 12.2. The monoisotopic (exact) mass is 302 g/mol. The lowest BCUT2D eigenvalue weighted by Crippen LogP contribution is -2.40. The summed E-state index contributed by atoms with van der Waals surface area (Å²) < 4.78 is 0. The van der Waals surface area contributed by atoms with Crippen molar-refractivity contribution < 1.29 is 0 Å². The third-order valence-corrected chi connectivity index (χ3v) is 5.69. The minimum absolute atomic E-state index is 0.0491. The second-order valence-corrected chi connectivity index (χ2v) is 7.45. The Morgan fingerprint density at radius 1 is 1.38 bits per heavy atom. The molecule has 2 heterocycles. The van der Waals surface area contributed by atoms with E-state index in [1.165, 1.54) is 0 Å². The Balaban J connectivity index is 1.81. The van der Waals surface area contributed by atoms with Crippen molar-refractivity contribution in [2.24, 2.45) is 5.92 Å². The van der Waals surface area contributed by atoms with Crippen LogP contribution in [-0.2, 0) is 6.54 Å². The van der Waals surface area contributed by atoms with Gasteiger partial charge in [-0.1, -0.05) is 32.0 Å². The van der Waals surface area contributed by atoms with E-state index in [1.807, 2.05) is 24.3 Å². The molecule has 3 rings (SSSR count). The first-order valence-electron chi connectivity index (χ1n) is 7.58. The third-order valence-electron chi connectivity index (χ3n) is 4.15. The number of rotatable bonds is 3. The highest BCUT2D eigenvalue weighted by atomic mass is 32.2. The van der Waals surface area contributed by atoms with Crippen molar-refractivity contribution in [3.63, 3.8) is 0 Å². The lowest BCUT2D eigenvalue weighted by Gasteiger charge is -2.34. The molecule has 112 valence electrons.